The molecule has 3 aromatic rings. The molecule has 29 heavy (non-hydrogen) atoms. The summed E-state index contributed by atoms with van der Waals surface area (Å²) in [5.74, 6) is -0.443. The van der Waals surface area contributed by atoms with Crippen LogP contribution in [0.2, 0.25) is 0 Å². The van der Waals surface area contributed by atoms with Gasteiger partial charge in [-0.3, -0.25) is 14.6 Å². The number of carbonyl (C=O) groups excluding carboxylic acids is 2. The molecular weight excluding hydrogens is 388 g/mol. The van der Waals surface area contributed by atoms with Gasteiger partial charge in [-0.2, -0.15) is 0 Å². The Balaban J connectivity index is 1.71. The number of nitrogens with zero attached hydrogens (tertiary/aromatic N) is 3. The quantitative estimate of drug-likeness (QED) is 0.545. The van der Waals surface area contributed by atoms with Gasteiger partial charge in [0.2, 0.25) is 0 Å². The number of likely N-dealkylation sites (N-methyl/N-ethyl adjacent to an activating group) is 1. The van der Waals surface area contributed by atoms with Gasteiger partial charge < -0.3 is 15.0 Å². The number of hydrogen-bond donors (Lipinski definition) is 1. The van der Waals surface area contributed by atoms with E-state index in [9.17, 15) is 9.59 Å². The monoisotopic (exact) mass is 410 g/mol. The number of carbonyl (C=O) groups is 2. The van der Waals surface area contributed by atoms with Gasteiger partial charge in [0.25, 0.3) is 5.91 Å². The smallest absolute Gasteiger partial charge is 0.275 e. The van der Waals surface area contributed by atoms with Crippen molar-refractivity contribution in [1.82, 2.24) is 9.97 Å². The minimum Gasteiger partial charge on any atom is -0.383 e. The Morgan fingerprint density at radius 3 is 2.79 bits per heavy atom. The van der Waals surface area contributed by atoms with E-state index in [-0.39, 0.29) is 18.1 Å². The highest BCUT2D eigenvalue weighted by Crippen LogP contribution is 2.22. The van der Waals surface area contributed by atoms with Crippen LogP contribution in [-0.4, -0.2) is 49.0 Å². The molecule has 0 radical (unpaired) electrons. The zero-order valence-electron chi connectivity index (χ0n) is 16.3. The highest BCUT2D eigenvalue weighted by molar-refractivity contribution is 7.13. The number of methoxy groups -OCH3 is 1. The Morgan fingerprint density at radius 2 is 2.03 bits per heavy atom. The van der Waals surface area contributed by atoms with Crippen LogP contribution in [0.5, 0.6) is 0 Å². The first-order valence-electron chi connectivity index (χ1n) is 9.06. The van der Waals surface area contributed by atoms with Crippen LogP contribution in [0.3, 0.4) is 0 Å². The van der Waals surface area contributed by atoms with Crippen molar-refractivity contribution in [2.75, 3.05) is 37.5 Å². The first-order chi connectivity index (χ1) is 14.1. The molecule has 0 aliphatic carbocycles. The molecule has 1 N–H and O–H groups in total. The number of rotatable bonds is 9. The van der Waals surface area contributed by atoms with E-state index < -0.39 is 0 Å². The lowest BCUT2D eigenvalue weighted by atomic mass is 10.0. The molecule has 2 heterocycles. The van der Waals surface area contributed by atoms with E-state index in [1.54, 1.807) is 55.2 Å². The summed E-state index contributed by atoms with van der Waals surface area (Å²) >= 11 is 1.38. The Bertz CT molecular complexity index is 975. The zero-order valence-corrected chi connectivity index (χ0v) is 17.1. The summed E-state index contributed by atoms with van der Waals surface area (Å²) in [6.07, 6.45) is 3.54. The van der Waals surface area contributed by atoms with E-state index in [4.69, 9.17) is 4.74 Å². The topological polar surface area (TPSA) is 84.4 Å². The van der Waals surface area contributed by atoms with Crippen molar-refractivity contribution in [3.63, 3.8) is 0 Å². The van der Waals surface area contributed by atoms with Crippen LogP contribution in [0.25, 0.3) is 0 Å². The Morgan fingerprint density at radius 1 is 1.21 bits per heavy atom. The molecule has 0 atom stereocenters. The molecule has 3 rings (SSSR count). The van der Waals surface area contributed by atoms with Crippen LogP contribution in [0.1, 0.15) is 26.4 Å². The van der Waals surface area contributed by atoms with E-state index in [0.717, 1.165) is 10.7 Å². The third-order valence-electron chi connectivity index (χ3n) is 4.25. The highest BCUT2D eigenvalue weighted by Gasteiger charge is 2.17. The van der Waals surface area contributed by atoms with Gasteiger partial charge >= 0.3 is 0 Å². The van der Waals surface area contributed by atoms with Crippen molar-refractivity contribution in [2.24, 2.45) is 0 Å². The van der Waals surface area contributed by atoms with Gasteiger partial charge in [0.05, 0.1) is 12.3 Å². The lowest BCUT2D eigenvalue weighted by Crippen LogP contribution is -2.22. The molecule has 0 spiro atoms. The highest BCUT2D eigenvalue weighted by atomic mass is 32.1. The molecule has 0 fully saturated rings. The van der Waals surface area contributed by atoms with Gasteiger partial charge in [0.15, 0.2) is 10.9 Å². The van der Waals surface area contributed by atoms with Gasteiger partial charge in [0.1, 0.15) is 5.69 Å². The molecule has 7 nitrogen and oxygen atoms in total. The number of benzene rings is 1. The Hall–Kier alpha value is -3.10. The van der Waals surface area contributed by atoms with Gasteiger partial charge in [-0.15, -0.1) is 11.3 Å². The van der Waals surface area contributed by atoms with Crippen molar-refractivity contribution in [3.8, 4) is 0 Å². The Labute approximate surface area is 173 Å². The summed E-state index contributed by atoms with van der Waals surface area (Å²) in [4.78, 5) is 35.7. The largest absolute Gasteiger partial charge is 0.383 e. The maximum atomic E-state index is 12.7. The molecule has 0 aliphatic heterocycles. The molecule has 0 bridgehead atoms. The number of nitrogens with one attached hydrogen (secondary N) is 1. The SMILES string of the molecule is COCCN(C)c1nc(C(=O)Nc2ccccc2C(=O)Cc2cccnc2)cs1. The molecular formula is C21H22N4O3S. The molecule has 0 saturated heterocycles. The van der Waals surface area contributed by atoms with Crippen LogP contribution < -0.4 is 10.2 Å². The van der Waals surface area contributed by atoms with Gasteiger partial charge in [0, 0.05) is 50.5 Å². The summed E-state index contributed by atoms with van der Waals surface area (Å²) in [6, 6.07) is 10.6. The number of anilines is 2. The maximum Gasteiger partial charge on any atom is 0.275 e. The number of ether oxygens (including phenoxy) is 1. The van der Waals surface area contributed by atoms with Gasteiger partial charge in [-0.1, -0.05) is 18.2 Å². The molecule has 1 aromatic carbocycles. The first kappa shape index (κ1) is 20.6. The number of pyridine rings is 1. The number of ketones is 1. The third-order valence-corrected chi connectivity index (χ3v) is 5.20. The average Bonchev–Trinajstić information content (AvgIpc) is 3.23. The van der Waals surface area contributed by atoms with E-state index >= 15 is 0 Å². The van der Waals surface area contributed by atoms with Crippen molar-refractivity contribution < 1.29 is 14.3 Å². The molecule has 0 saturated carbocycles. The Kier molecular flexibility index (Phi) is 7.04. The zero-order chi connectivity index (χ0) is 20.6. The summed E-state index contributed by atoms with van der Waals surface area (Å²) < 4.78 is 5.07. The lowest BCUT2D eigenvalue weighted by molar-refractivity contribution is 0.0993. The normalized spacial score (nSPS) is 10.6. The maximum absolute atomic E-state index is 12.7. The fraction of sp³-hybridized carbons (Fsp3) is 0.238. The van der Waals surface area contributed by atoms with Crippen molar-refractivity contribution >= 4 is 33.8 Å². The van der Waals surface area contributed by atoms with Crippen molar-refractivity contribution in [1.29, 1.82) is 0 Å². The van der Waals surface area contributed by atoms with Crippen molar-refractivity contribution in [3.05, 3.63) is 71.0 Å². The predicted octanol–water partition coefficient (Wildman–Crippen LogP) is 3.30. The first-order valence-corrected chi connectivity index (χ1v) is 9.94. The van der Waals surface area contributed by atoms with E-state index in [2.05, 4.69) is 15.3 Å². The van der Waals surface area contributed by atoms with E-state index in [1.807, 2.05) is 18.0 Å². The van der Waals surface area contributed by atoms with Crippen LogP contribution in [0.4, 0.5) is 10.8 Å². The molecule has 1 amide bonds. The van der Waals surface area contributed by atoms with Gasteiger partial charge in [-0.05, 0) is 23.8 Å². The predicted molar refractivity (Wildman–Crippen MR) is 114 cm³/mol. The van der Waals surface area contributed by atoms with Crippen LogP contribution in [0, 0.1) is 0 Å². The number of aromatic nitrogens is 2. The summed E-state index contributed by atoms with van der Waals surface area (Å²) in [6.45, 7) is 1.25. The second-order valence-electron chi connectivity index (χ2n) is 6.39. The number of amides is 1. The second-order valence-corrected chi connectivity index (χ2v) is 7.23. The van der Waals surface area contributed by atoms with E-state index in [0.29, 0.717) is 30.1 Å². The van der Waals surface area contributed by atoms with Crippen LogP contribution >= 0.6 is 11.3 Å². The molecule has 0 aliphatic rings. The second kappa shape index (κ2) is 9.90. The third kappa shape index (κ3) is 5.46. The molecule has 0 unspecified atom stereocenters. The van der Waals surface area contributed by atoms with Crippen LogP contribution in [0.15, 0.2) is 54.2 Å². The average molecular weight is 410 g/mol. The van der Waals surface area contributed by atoms with E-state index in [1.165, 1.54) is 11.3 Å². The van der Waals surface area contributed by atoms with Crippen molar-refractivity contribution in [2.45, 2.75) is 6.42 Å². The minimum absolute atomic E-state index is 0.0906. The number of hydrogen-bond acceptors (Lipinski definition) is 7. The molecule has 2 aromatic heterocycles. The summed E-state index contributed by atoms with van der Waals surface area (Å²) in [5.41, 5.74) is 2.05. The van der Waals surface area contributed by atoms with Gasteiger partial charge in [-0.25, -0.2) is 4.98 Å². The number of thiazole rings is 1. The standard InChI is InChI=1S/C21H22N4O3S/c1-25(10-11-28-2)21-24-18(14-29-21)20(27)23-17-8-4-3-7-16(17)19(26)12-15-6-5-9-22-13-15/h3-9,13-14H,10-12H2,1-2H3,(H,23,27). The minimum atomic E-state index is -0.353. The summed E-state index contributed by atoms with van der Waals surface area (Å²) in [7, 11) is 3.54. The molecule has 150 valence electrons. The number of para-hydroxylation sites is 1. The molecule has 8 heteroatoms. The lowest BCUT2D eigenvalue weighted by Gasteiger charge is -2.14. The van der Waals surface area contributed by atoms with Crippen LogP contribution in [-0.2, 0) is 11.2 Å². The fourth-order valence-corrected chi connectivity index (χ4v) is 3.47. The fourth-order valence-electron chi connectivity index (χ4n) is 2.67. The summed E-state index contributed by atoms with van der Waals surface area (Å²) in [5, 5.41) is 5.25. The number of Topliss-reactive ketones (excluding diaryl/α,β-unsaturated/α-hetero) is 1.